The second-order valence-electron chi connectivity index (χ2n) is 15.7. The van der Waals surface area contributed by atoms with Gasteiger partial charge in [-0.1, -0.05) is 164 Å². The molecule has 5 heteroatoms. The monoisotopic (exact) mass is 807 g/mol. The molecule has 0 aliphatic carbocycles. The lowest BCUT2D eigenvalue weighted by atomic mass is 9.93. The van der Waals surface area contributed by atoms with Crippen LogP contribution in [-0.2, 0) is 0 Å². The van der Waals surface area contributed by atoms with Gasteiger partial charge in [0.1, 0.15) is 0 Å². The largest absolute Gasteiger partial charge is 0.310 e. The Balaban J connectivity index is 1.12. The van der Waals surface area contributed by atoms with Gasteiger partial charge in [0, 0.05) is 44.6 Å². The molecule has 0 aliphatic rings. The highest BCUT2D eigenvalue weighted by molar-refractivity contribution is 6.26. The zero-order valence-corrected chi connectivity index (χ0v) is 34.7. The fourth-order valence-electron chi connectivity index (χ4n) is 8.95. The van der Waals surface area contributed by atoms with Crippen LogP contribution >= 0.6 is 0 Å². The highest BCUT2D eigenvalue weighted by Crippen LogP contribution is 2.42. The minimum atomic E-state index is 0.625. The Morgan fingerprint density at radius 1 is 0.444 bits per heavy atom. The number of anilines is 3. The van der Waals surface area contributed by atoms with Gasteiger partial charge in [-0.2, -0.15) is 0 Å². The first-order valence-electron chi connectivity index (χ1n) is 21.2. The van der Waals surface area contributed by atoms with E-state index in [1.165, 1.54) is 37.7 Å². The lowest BCUT2D eigenvalue weighted by Gasteiger charge is -2.25. The molecule has 0 atom stereocenters. The lowest BCUT2D eigenvalue weighted by molar-refractivity contribution is 1.03. The van der Waals surface area contributed by atoms with Crippen LogP contribution in [0.25, 0.3) is 88.2 Å². The van der Waals surface area contributed by atoms with Gasteiger partial charge < -0.3 is 9.47 Å². The molecule has 0 radical (unpaired) electrons. The van der Waals surface area contributed by atoms with Gasteiger partial charge in [-0.3, -0.25) is 0 Å². The van der Waals surface area contributed by atoms with E-state index in [1.807, 2.05) is 55.5 Å². The van der Waals surface area contributed by atoms with E-state index < -0.39 is 0 Å². The van der Waals surface area contributed by atoms with Gasteiger partial charge in [0.05, 0.1) is 11.0 Å². The summed E-state index contributed by atoms with van der Waals surface area (Å²) in [7, 11) is 0. The predicted octanol–water partition coefficient (Wildman–Crippen LogP) is 15.4. The molecule has 2 heterocycles. The van der Waals surface area contributed by atoms with E-state index in [1.54, 1.807) is 6.08 Å². The topological polar surface area (TPSA) is 46.8 Å². The summed E-state index contributed by atoms with van der Waals surface area (Å²) in [6, 6.07) is 69.2. The average molecular weight is 808 g/mol. The maximum Gasteiger partial charge on any atom is 0.164 e. The van der Waals surface area contributed by atoms with Gasteiger partial charge in [-0.25, -0.2) is 15.0 Å². The first-order chi connectivity index (χ1) is 31.1. The maximum absolute atomic E-state index is 5.08. The highest BCUT2D eigenvalue weighted by atomic mass is 15.1. The van der Waals surface area contributed by atoms with E-state index in [4.69, 9.17) is 15.0 Å². The molecule has 0 bridgehead atoms. The number of hydrogen-bond donors (Lipinski definition) is 0. The minimum Gasteiger partial charge on any atom is -0.310 e. The van der Waals surface area contributed by atoms with Gasteiger partial charge in [-0.15, -0.1) is 0 Å². The molecule has 9 aromatic carbocycles. The predicted molar refractivity (Wildman–Crippen MR) is 265 cm³/mol. The number of rotatable bonds is 9. The van der Waals surface area contributed by atoms with Gasteiger partial charge in [0.15, 0.2) is 17.5 Å². The minimum absolute atomic E-state index is 0.625. The van der Waals surface area contributed by atoms with Crippen molar-refractivity contribution in [2.45, 2.75) is 6.92 Å². The van der Waals surface area contributed by atoms with Crippen LogP contribution in [0, 0.1) is 0 Å². The Hall–Kier alpha value is -8.41. The molecule has 0 fully saturated rings. The Morgan fingerprint density at radius 3 is 1.70 bits per heavy atom. The molecular formula is C58H41N5. The Bertz CT molecular complexity index is 3550. The Kier molecular flexibility index (Phi) is 9.48. The summed E-state index contributed by atoms with van der Waals surface area (Å²) < 4.78 is 2.43. The van der Waals surface area contributed by atoms with Crippen molar-refractivity contribution in [3.8, 4) is 28.5 Å². The van der Waals surface area contributed by atoms with Crippen molar-refractivity contribution < 1.29 is 0 Å². The number of benzene rings is 9. The van der Waals surface area contributed by atoms with Crippen molar-refractivity contribution >= 4 is 76.8 Å². The molecule has 63 heavy (non-hydrogen) atoms. The molecule has 0 amide bonds. The van der Waals surface area contributed by atoms with E-state index in [2.05, 4.69) is 180 Å². The fraction of sp³-hybridized carbons (Fsp3) is 0.0172. The van der Waals surface area contributed by atoms with Crippen molar-refractivity contribution in [3.05, 3.63) is 231 Å². The molecular weight excluding hydrogens is 767 g/mol. The summed E-state index contributed by atoms with van der Waals surface area (Å²) >= 11 is 0. The summed E-state index contributed by atoms with van der Waals surface area (Å²) in [6.07, 6.45) is 7.62. The Labute approximate surface area is 365 Å². The van der Waals surface area contributed by atoms with Crippen LogP contribution in [0.5, 0.6) is 0 Å². The summed E-state index contributed by atoms with van der Waals surface area (Å²) in [4.78, 5) is 17.4. The fourth-order valence-corrected chi connectivity index (χ4v) is 8.95. The van der Waals surface area contributed by atoms with Crippen LogP contribution in [0.15, 0.2) is 225 Å². The molecule has 0 saturated heterocycles. The van der Waals surface area contributed by atoms with E-state index >= 15 is 0 Å². The van der Waals surface area contributed by atoms with Crippen LogP contribution in [0.3, 0.4) is 0 Å². The number of nitrogens with zero attached hydrogens (tertiary/aromatic N) is 5. The number of aromatic nitrogens is 4. The second kappa shape index (κ2) is 15.9. The lowest BCUT2D eigenvalue weighted by Crippen LogP contribution is -2.09. The third kappa shape index (κ3) is 6.73. The second-order valence-corrected chi connectivity index (χ2v) is 15.7. The summed E-state index contributed by atoms with van der Waals surface area (Å²) in [6.45, 7) is 5.84. The zero-order chi connectivity index (χ0) is 42.3. The molecule has 0 N–H and O–H groups in total. The normalized spacial score (nSPS) is 12.0. The van der Waals surface area contributed by atoms with Crippen molar-refractivity contribution in [2.75, 3.05) is 4.90 Å². The number of fused-ring (bicyclic) bond motifs is 9. The smallest absolute Gasteiger partial charge is 0.164 e. The van der Waals surface area contributed by atoms with E-state index in [0.29, 0.717) is 17.5 Å². The van der Waals surface area contributed by atoms with Crippen molar-refractivity contribution in [1.82, 2.24) is 19.5 Å². The quantitative estimate of drug-likeness (QED) is 0.108. The van der Waals surface area contributed by atoms with Gasteiger partial charge in [0.2, 0.25) is 0 Å². The molecule has 2 aromatic heterocycles. The number of hydrogen-bond acceptors (Lipinski definition) is 4. The average Bonchev–Trinajstić information content (AvgIpc) is 3.68. The van der Waals surface area contributed by atoms with Crippen molar-refractivity contribution in [2.24, 2.45) is 0 Å². The molecule has 0 unspecified atom stereocenters. The van der Waals surface area contributed by atoms with Gasteiger partial charge in [0.25, 0.3) is 0 Å². The van der Waals surface area contributed by atoms with E-state index in [-0.39, 0.29) is 0 Å². The zero-order valence-electron chi connectivity index (χ0n) is 34.7. The standard InChI is InChI=1S/C58H41N5/c1-3-4-8-19-39(2)56-59-57(40-20-9-5-10-21-40)61-58(60-56)41-30-33-48-46-26-15-16-27-47(46)53-37-44(31-34-49(53)52(48)36-41)63-54-29-18-17-28-50(54)51-35-32-45(38-55(51)63)62(42-22-11-6-12-23-42)43-24-13-7-14-25-43/h3-38H,1H2,2H3/b8-4-,39-19+. The first kappa shape index (κ1) is 37.6. The molecule has 0 spiro atoms. The molecule has 0 aliphatic heterocycles. The summed E-state index contributed by atoms with van der Waals surface area (Å²) in [5.41, 5.74) is 9.49. The first-order valence-corrected chi connectivity index (χ1v) is 21.2. The molecule has 298 valence electrons. The number of allylic oxidation sites excluding steroid dienone is 5. The summed E-state index contributed by atoms with van der Waals surface area (Å²) in [5.74, 6) is 1.89. The van der Waals surface area contributed by atoms with Crippen LogP contribution < -0.4 is 4.90 Å². The van der Waals surface area contributed by atoms with Crippen molar-refractivity contribution in [3.63, 3.8) is 0 Å². The van der Waals surface area contributed by atoms with E-state index in [9.17, 15) is 0 Å². The van der Waals surface area contributed by atoms with Crippen LogP contribution in [0.1, 0.15) is 12.7 Å². The highest BCUT2D eigenvalue weighted by Gasteiger charge is 2.19. The molecule has 0 saturated carbocycles. The van der Waals surface area contributed by atoms with Crippen molar-refractivity contribution in [1.29, 1.82) is 0 Å². The third-order valence-electron chi connectivity index (χ3n) is 11.9. The molecule has 11 aromatic rings. The van der Waals surface area contributed by atoms with E-state index in [0.717, 1.165) is 55.9 Å². The SMILES string of the molecule is C=C/C=C\C=C(/C)c1nc(-c2ccccc2)nc(-c2ccc3c4ccccc4c4cc(-n5c6ccccc6c6ccc(N(c7ccccc7)c7ccccc7)cc65)ccc4c3c2)n1. The van der Waals surface area contributed by atoms with Gasteiger partial charge in [-0.05, 0) is 105 Å². The number of para-hydroxylation sites is 3. The Morgan fingerprint density at radius 2 is 0.984 bits per heavy atom. The summed E-state index contributed by atoms with van der Waals surface area (Å²) in [5, 5.41) is 9.49. The van der Waals surface area contributed by atoms with Crippen LogP contribution in [-0.4, -0.2) is 19.5 Å². The van der Waals surface area contributed by atoms with Crippen LogP contribution in [0.2, 0.25) is 0 Å². The third-order valence-corrected chi connectivity index (χ3v) is 11.9. The van der Waals surface area contributed by atoms with Crippen LogP contribution in [0.4, 0.5) is 17.1 Å². The maximum atomic E-state index is 5.08. The molecule has 11 rings (SSSR count). The van der Waals surface area contributed by atoms with Gasteiger partial charge >= 0.3 is 0 Å². The molecule has 5 nitrogen and oxygen atoms in total.